The van der Waals surface area contributed by atoms with Crippen molar-refractivity contribution in [1.29, 1.82) is 0 Å². The van der Waals surface area contributed by atoms with Crippen LogP contribution in [-0.2, 0) is 9.59 Å². The van der Waals surface area contributed by atoms with Crippen LogP contribution < -0.4 is 5.32 Å². The predicted octanol–water partition coefficient (Wildman–Crippen LogP) is 1.41. The van der Waals surface area contributed by atoms with Crippen LogP contribution in [0.25, 0.3) is 0 Å². The molecule has 0 aromatic heterocycles. The zero-order chi connectivity index (χ0) is 12.6. The van der Waals surface area contributed by atoms with Gasteiger partial charge in [-0.3, -0.25) is 9.59 Å². The van der Waals surface area contributed by atoms with E-state index in [4.69, 9.17) is 0 Å². The molecule has 16 heavy (non-hydrogen) atoms. The van der Waals surface area contributed by atoms with Crippen LogP contribution in [0, 0.1) is 5.92 Å². The number of carbonyl (C=O) groups is 2. The second-order valence-corrected chi connectivity index (χ2v) is 4.54. The lowest BCUT2D eigenvalue weighted by Gasteiger charge is -2.17. The number of amides is 2. The number of nitrogens with one attached hydrogen (secondary N) is 1. The molecule has 0 spiro atoms. The number of nitrogens with zero attached hydrogens (tertiary/aromatic N) is 1. The zero-order valence-corrected chi connectivity index (χ0v) is 10.9. The molecule has 4 nitrogen and oxygen atoms in total. The van der Waals surface area contributed by atoms with Crippen LogP contribution in [0.15, 0.2) is 0 Å². The van der Waals surface area contributed by atoms with Gasteiger partial charge in [0.25, 0.3) is 0 Å². The Morgan fingerprint density at radius 2 is 1.94 bits per heavy atom. The van der Waals surface area contributed by atoms with Gasteiger partial charge >= 0.3 is 0 Å². The van der Waals surface area contributed by atoms with Gasteiger partial charge in [0.05, 0.1) is 6.54 Å². The Morgan fingerprint density at radius 1 is 1.31 bits per heavy atom. The van der Waals surface area contributed by atoms with Crippen molar-refractivity contribution < 1.29 is 9.59 Å². The van der Waals surface area contributed by atoms with Crippen molar-refractivity contribution >= 4 is 11.8 Å². The summed E-state index contributed by atoms with van der Waals surface area (Å²) < 4.78 is 0. The number of unbranched alkanes of at least 4 members (excludes halogenated alkanes) is 1. The zero-order valence-electron chi connectivity index (χ0n) is 10.9. The normalized spacial score (nSPS) is 10.3. The number of carbonyl (C=O) groups excluding carboxylic acids is 2. The molecular weight excluding hydrogens is 204 g/mol. The van der Waals surface area contributed by atoms with E-state index in [0.717, 1.165) is 19.4 Å². The lowest BCUT2D eigenvalue weighted by atomic mass is 10.1. The van der Waals surface area contributed by atoms with Gasteiger partial charge in [0.1, 0.15) is 0 Å². The van der Waals surface area contributed by atoms with Crippen molar-refractivity contribution in [3.63, 3.8) is 0 Å². The molecular formula is C12H24N2O2. The highest BCUT2D eigenvalue weighted by Gasteiger charge is 2.10. The molecule has 0 radical (unpaired) electrons. The lowest BCUT2D eigenvalue weighted by Crippen LogP contribution is -2.38. The molecule has 0 rings (SSSR count). The molecule has 94 valence electrons. The van der Waals surface area contributed by atoms with E-state index in [1.54, 1.807) is 11.9 Å². The molecule has 0 atom stereocenters. The first-order valence-electron chi connectivity index (χ1n) is 5.98. The van der Waals surface area contributed by atoms with E-state index in [0.29, 0.717) is 12.3 Å². The maximum Gasteiger partial charge on any atom is 0.241 e. The molecule has 1 N–H and O–H groups in total. The third kappa shape index (κ3) is 7.26. The smallest absolute Gasteiger partial charge is 0.241 e. The second kappa shape index (κ2) is 8.13. The highest BCUT2D eigenvalue weighted by molar-refractivity contribution is 5.84. The highest BCUT2D eigenvalue weighted by atomic mass is 16.2. The monoisotopic (exact) mass is 228 g/mol. The molecule has 0 fully saturated rings. The average molecular weight is 228 g/mol. The van der Waals surface area contributed by atoms with E-state index in [-0.39, 0.29) is 18.4 Å². The maximum absolute atomic E-state index is 11.6. The van der Waals surface area contributed by atoms with Crippen LogP contribution in [0.4, 0.5) is 0 Å². The van der Waals surface area contributed by atoms with Crippen LogP contribution in [-0.4, -0.2) is 36.9 Å². The van der Waals surface area contributed by atoms with Gasteiger partial charge in [0.15, 0.2) is 0 Å². The molecule has 0 aliphatic heterocycles. The van der Waals surface area contributed by atoms with Crippen molar-refractivity contribution in [2.75, 3.05) is 20.1 Å². The maximum atomic E-state index is 11.6. The van der Waals surface area contributed by atoms with Gasteiger partial charge in [-0.1, -0.05) is 27.2 Å². The summed E-state index contributed by atoms with van der Waals surface area (Å²) in [6.45, 7) is 6.92. The van der Waals surface area contributed by atoms with Gasteiger partial charge in [-0.05, 0) is 12.3 Å². The first-order chi connectivity index (χ1) is 7.47. The summed E-state index contributed by atoms with van der Waals surface area (Å²) in [6, 6.07) is 0. The van der Waals surface area contributed by atoms with E-state index in [9.17, 15) is 9.59 Å². The Labute approximate surface area is 98.4 Å². The molecule has 0 unspecified atom stereocenters. The first kappa shape index (κ1) is 14.9. The Morgan fingerprint density at radius 3 is 2.44 bits per heavy atom. The largest absolute Gasteiger partial charge is 0.347 e. The van der Waals surface area contributed by atoms with Crippen LogP contribution in [0.3, 0.4) is 0 Å². The predicted molar refractivity (Wildman–Crippen MR) is 65.0 cm³/mol. The summed E-state index contributed by atoms with van der Waals surface area (Å²) in [6.07, 6.45) is 2.55. The molecule has 0 heterocycles. The highest BCUT2D eigenvalue weighted by Crippen LogP contribution is 1.98. The molecule has 2 amide bonds. The third-order valence-corrected chi connectivity index (χ3v) is 2.30. The minimum absolute atomic E-state index is 0.0226. The van der Waals surface area contributed by atoms with Gasteiger partial charge in [0.2, 0.25) is 11.8 Å². The SMILES string of the molecule is CCCCN(C)C(=O)CNC(=O)CC(C)C. The van der Waals surface area contributed by atoms with E-state index in [1.165, 1.54) is 0 Å². The number of rotatable bonds is 7. The molecule has 4 heteroatoms. The third-order valence-electron chi connectivity index (χ3n) is 2.30. The molecule has 0 aliphatic rings. The van der Waals surface area contributed by atoms with Gasteiger partial charge in [-0.25, -0.2) is 0 Å². The molecule has 0 aromatic carbocycles. The van der Waals surface area contributed by atoms with E-state index < -0.39 is 0 Å². The summed E-state index contributed by atoms with van der Waals surface area (Å²) in [4.78, 5) is 24.5. The average Bonchev–Trinajstić information content (AvgIpc) is 2.21. The fraction of sp³-hybridized carbons (Fsp3) is 0.833. The number of hydrogen-bond donors (Lipinski definition) is 1. The molecule has 0 aromatic rings. The van der Waals surface area contributed by atoms with Crippen LogP contribution in [0.5, 0.6) is 0 Å². The standard InChI is InChI=1S/C12H24N2O2/c1-5-6-7-14(4)12(16)9-13-11(15)8-10(2)3/h10H,5-9H2,1-4H3,(H,13,15). The molecule has 0 bridgehead atoms. The Balaban J connectivity index is 3.75. The van der Waals surface area contributed by atoms with Crippen molar-refractivity contribution in [2.24, 2.45) is 5.92 Å². The van der Waals surface area contributed by atoms with Gasteiger partial charge in [-0.2, -0.15) is 0 Å². The van der Waals surface area contributed by atoms with Crippen molar-refractivity contribution in [3.8, 4) is 0 Å². The topological polar surface area (TPSA) is 49.4 Å². The Hall–Kier alpha value is -1.06. The molecule has 0 aliphatic carbocycles. The van der Waals surface area contributed by atoms with Crippen molar-refractivity contribution in [3.05, 3.63) is 0 Å². The van der Waals surface area contributed by atoms with Gasteiger partial charge in [-0.15, -0.1) is 0 Å². The van der Waals surface area contributed by atoms with Crippen LogP contribution in [0.2, 0.25) is 0 Å². The molecule has 0 saturated carbocycles. The molecule has 0 saturated heterocycles. The summed E-state index contributed by atoms with van der Waals surface area (Å²) in [5, 5.41) is 2.64. The Bertz CT molecular complexity index is 227. The van der Waals surface area contributed by atoms with E-state index in [1.807, 2.05) is 13.8 Å². The van der Waals surface area contributed by atoms with E-state index >= 15 is 0 Å². The second-order valence-electron chi connectivity index (χ2n) is 4.54. The summed E-state index contributed by atoms with van der Waals surface area (Å²) in [7, 11) is 1.77. The lowest BCUT2D eigenvalue weighted by molar-refractivity contribution is -0.132. The van der Waals surface area contributed by atoms with Crippen LogP contribution in [0.1, 0.15) is 40.0 Å². The van der Waals surface area contributed by atoms with Crippen molar-refractivity contribution in [2.45, 2.75) is 40.0 Å². The van der Waals surface area contributed by atoms with Gasteiger partial charge in [0, 0.05) is 20.0 Å². The Kier molecular flexibility index (Phi) is 7.60. The number of likely N-dealkylation sites (N-methyl/N-ethyl adjacent to an activating group) is 1. The first-order valence-corrected chi connectivity index (χ1v) is 5.98. The fourth-order valence-electron chi connectivity index (χ4n) is 1.27. The fourth-order valence-corrected chi connectivity index (χ4v) is 1.27. The summed E-state index contributed by atoms with van der Waals surface area (Å²) in [5.74, 6) is 0.255. The quantitative estimate of drug-likeness (QED) is 0.716. The number of hydrogen-bond acceptors (Lipinski definition) is 2. The van der Waals surface area contributed by atoms with E-state index in [2.05, 4.69) is 12.2 Å². The van der Waals surface area contributed by atoms with Crippen LogP contribution >= 0.6 is 0 Å². The minimum Gasteiger partial charge on any atom is -0.347 e. The summed E-state index contributed by atoms with van der Waals surface area (Å²) in [5.41, 5.74) is 0. The van der Waals surface area contributed by atoms with Crippen molar-refractivity contribution in [1.82, 2.24) is 10.2 Å². The van der Waals surface area contributed by atoms with Gasteiger partial charge < -0.3 is 10.2 Å². The minimum atomic E-state index is -0.0489. The summed E-state index contributed by atoms with van der Waals surface area (Å²) >= 11 is 0.